The second-order valence-electron chi connectivity index (χ2n) is 3.84. The highest BCUT2D eigenvalue weighted by Gasteiger charge is 2.24. The summed E-state index contributed by atoms with van der Waals surface area (Å²) in [7, 11) is 0. The molecule has 0 rings (SSSR count). The lowest BCUT2D eigenvalue weighted by Gasteiger charge is -2.30. The van der Waals surface area contributed by atoms with Gasteiger partial charge in [0.2, 0.25) is 0 Å². The molecule has 0 aromatic heterocycles. The van der Waals surface area contributed by atoms with Crippen LogP contribution in [0.4, 0.5) is 0 Å². The van der Waals surface area contributed by atoms with Crippen LogP contribution >= 0.6 is 11.6 Å². The van der Waals surface area contributed by atoms with E-state index in [2.05, 4.69) is 20.8 Å². The molecule has 0 amide bonds. The van der Waals surface area contributed by atoms with E-state index in [0.717, 1.165) is 5.88 Å². The predicted octanol–water partition coefficient (Wildman–Crippen LogP) is 4.61. The molecular weight excluding hydrogens is 168 g/mol. The molecule has 0 saturated heterocycles. The molecule has 12 heavy (non-hydrogen) atoms. The van der Waals surface area contributed by atoms with Gasteiger partial charge in [-0.25, -0.2) is 0 Å². The molecule has 0 radical (unpaired) electrons. The maximum atomic E-state index is 6.04. The monoisotopic (exact) mass is 190 g/mol. The first-order valence-corrected chi connectivity index (χ1v) is 5.84. The summed E-state index contributed by atoms with van der Waals surface area (Å²) >= 11 is 6.04. The average molecular weight is 191 g/mol. The molecule has 0 aromatic carbocycles. The molecule has 0 fully saturated rings. The number of rotatable bonds is 7. The smallest absolute Gasteiger partial charge is 0.0279 e. The van der Waals surface area contributed by atoms with Crippen molar-refractivity contribution in [1.29, 1.82) is 0 Å². The van der Waals surface area contributed by atoms with Crippen molar-refractivity contribution in [2.24, 2.45) is 5.41 Å². The average Bonchev–Trinajstić information content (AvgIpc) is 2.13. The van der Waals surface area contributed by atoms with Crippen LogP contribution in [0.3, 0.4) is 0 Å². The normalized spacial score (nSPS) is 16.0. The quantitative estimate of drug-likeness (QED) is 0.515. The summed E-state index contributed by atoms with van der Waals surface area (Å²) in [6.07, 6.45) is 7.75. The molecule has 0 bridgehead atoms. The van der Waals surface area contributed by atoms with Crippen LogP contribution in [-0.2, 0) is 0 Å². The molecule has 1 unspecified atom stereocenters. The Hall–Kier alpha value is 0.290. The molecule has 0 aliphatic carbocycles. The van der Waals surface area contributed by atoms with Gasteiger partial charge in [0.15, 0.2) is 0 Å². The Kier molecular flexibility index (Phi) is 6.93. The molecule has 1 atom stereocenters. The summed E-state index contributed by atoms with van der Waals surface area (Å²) < 4.78 is 0. The minimum absolute atomic E-state index is 0.451. The van der Waals surface area contributed by atoms with E-state index < -0.39 is 0 Å². The minimum atomic E-state index is 0.451. The van der Waals surface area contributed by atoms with Crippen molar-refractivity contribution in [3.8, 4) is 0 Å². The van der Waals surface area contributed by atoms with E-state index in [9.17, 15) is 0 Å². The van der Waals surface area contributed by atoms with E-state index in [4.69, 9.17) is 11.6 Å². The fourth-order valence-corrected chi connectivity index (χ4v) is 2.25. The van der Waals surface area contributed by atoms with Crippen molar-refractivity contribution in [3.05, 3.63) is 0 Å². The van der Waals surface area contributed by atoms with Crippen LogP contribution in [0, 0.1) is 5.41 Å². The predicted molar refractivity (Wildman–Crippen MR) is 57.9 cm³/mol. The lowest BCUT2D eigenvalue weighted by molar-refractivity contribution is 0.256. The molecule has 0 saturated carbocycles. The van der Waals surface area contributed by atoms with Gasteiger partial charge in [-0.05, 0) is 24.7 Å². The Balaban J connectivity index is 3.95. The highest BCUT2D eigenvalue weighted by Crippen LogP contribution is 2.35. The zero-order valence-electron chi connectivity index (χ0n) is 8.83. The summed E-state index contributed by atoms with van der Waals surface area (Å²) in [5.41, 5.74) is 0.451. The van der Waals surface area contributed by atoms with Gasteiger partial charge < -0.3 is 0 Å². The van der Waals surface area contributed by atoms with Gasteiger partial charge >= 0.3 is 0 Å². The van der Waals surface area contributed by atoms with Crippen molar-refractivity contribution in [3.63, 3.8) is 0 Å². The van der Waals surface area contributed by atoms with Crippen LogP contribution in [0.1, 0.15) is 59.3 Å². The van der Waals surface area contributed by atoms with Gasteiger partial charge in [0.05, 0.1) is 0 Å². The highest BCUT2D eigenvalue weighted by atomic mass is 35.5. The molecule has 74 valence electrons. The van der Waals surface area contributed by atoms with E-state index in [-0.39, 0.29) is 0 Å². The van der Waals surface area contributed by atoms with Crippen LogP contribution in [0.5, 0.6) is 0 Å². The van der Waals surface area contributed by atoms with Crippen LogP contribution in [0.2, 0.25) is 0 Å². The van der Waals surface area contributed by atoms with Crippen LogP contribution in [0.25, 0.3) is 0 Å². The first-order chi connectivity index (χ1) is 5.74. The van der Waals surface area contributed by atoms with E-state index in [1.54, 1.807) is 0 Å². The Labute approximate surface area is 82.7 Å². The molecule has 0 aliphatic rings. The lowest BCUT2D eigenvalue weighted by Crippen LogP contribution is -2.21. The van der Waals surface area contributed by atoms with E-state index >= 15 is 0 Å². The van der Waals surface area contributed by atoms with Crippen LogP contribution < -0.4 is 0 Å². The van der Waals surface area contributed by atoms with E-state index in [1.165, 1.54) is 38.5 Å². The van der Waals surface area contributed by atoms with Gasteiger partial charge in [-0.2, -0.15) is 0 Å². The molecule has 0 aromatic rings. The van der Waals surface area contributed by atoms with Crippen molar-refractivity contribution >= 4 is 11.6 Å². The molecule has 0 aliphatic heterocycles. The summed E-state index contributed by atoms with van der Waals surface area (Å²) in [5, 5.41) is 0. The Morgan fingerprint density at radius 2 is 1.67 bits per heavy atom. The summed E-state index contributed by atoms with van der Waals surface area (Å²) in [5.74, 6) is 0.845. The third kappa shape index (κ3) is 3.80. The Morgan fingerprint density at radius 1 is 1.00 bits per heavy atom. The van der Waals surface area contributed by atoms with E-state index in [1.807, 2.05) is 0 Å². The van der Waals surface area contributed by atoms with Crippen molar-refractivity contribution in [2.75, 3.05) is 5.88 Å². The standard InChI is InChI=1S/C11H23Cl/c1-4-7-9-11(6-3,10-12)8-5-2/h4-10H2,1-3H3. The van der Waals surface area contributed by atoms with Gasteiger partial charge in [-0.3, -0.25) is 0 Å². The van der Waals surface area contributed by atoms with Crippen LogP contribution in [-0.4, -0.2) is 5.88 Å². The van der Waals surface area contributed by atoms with Crippen molar-refractivity contribution < 1.29 is 0 Å². The number of hydrogen-bond donors (Lipinski definition) is 0. The molecule has 1 heteroatoms. The summed E-state index contributed by atoms with van der Waals surface area (Å²) in [4.78, 5) is 0. The minimum Gasteiger partial charge on any atom is -0.126 e. The maximum absolute atomic E-state index is 6.04. The number of hydrogen-bond acceptors (Lipinski definition) is 0. The fraction of sp³-hybridized carbons (Fsp3) is 1.00. The van der Waals surface area contributed by atoms with E-state index in [0.29, 0.717) is 5.41 Å². The van der Waals surface area contributed by atoms with Gasteiger partial charge in [-0.1, -0.05) is 40.0 Å². The van der Waals surface area contributed by atoms with Gasteiger partial charge in [0, 0.05) is 5.88 Å². The maximum Gasteiger partial charge on any atom is 0.0279 e. The van der Waals surface area contributed by atoms with Gasteiger partial charge in [-0.15, -0.1) is 11.6 Å². The third-order valence-corrected chi connectivity index (χ3v) is 3.44. The second kappa shape index (κ2) is 6.77. The first-order valence-electron chi connectivity index (χ1n) is 5.30. The van der Waals surface area contributed by atoms with Crippen LogP contribution in [0.15, 0.2) is 0 Å². The fourth-order valence-electron chi connectivity index (χ4n) is 1.79. The summed E-state index contributed by atoms with van der Waals surface area (Å²) in [6, 6.07) is 0. The zero-order valence-corrected chi connectivity index (χ0v) is 9.58. The third-order valence-electron chi connectivity index (χ3n) is 2.87. The number of unbranched alkanes of at least 4 members (excludes halogenated alkanes) is 1. The molecule has 0 nitrogen and oxygen atoms in total. The molecule has 0 spiro atoms. The van der Waals surface area contributed by atoms with Gasteiger partial charge in [0.25, 0.3) is 0 Å². The van der Waals surface area contributed by atoms with Crippen molar-refractivity contribution in [2.45, 2.75) is 59.3 Å². The Morgan fingerprint density at radius 3 is 2.00 bits per heavy atom. The number of alkyl halides is 1. The summed E-state index contributed by atoms with van der Waals surface area (Å²) in [6.45, 7) is 6.78. The molecule has 0 N–H and O–H groups in total. The number of halogens is 1. The molecule has 0 heterocycles. The zero-order chi connectivity index (χ0) is 9.45. The topological polar surface area (TPSA) is 0 Å². The lowest BCUT2D eigenvalue weighted by atomic mass is 9.78. The first kappa shape index (κ1) is 12.3. The van der Waals surface area contributed by atoms with Crippen molar-refractivity contribution in [1.82, 2.24) is 0 Å². The molecular formula is C11H23Cl. The largest absolute Gasteiger partial charge is 0.126 e. The Bertz CT molecular complexity index is 95.2. The highest BCUT2D eigenvalue weighted by molar-refractivity contribution is 6.18. The van der Waals surface area contributed by atoms with Gasteiger partial charge in [0.1, 0.15) is 0 Å². The SMILES string of the molecule is CCCCC(CC)(CCl)CCC. The second-order valence-corrected chi connectivity index (χ2v) is 4.11.